The van der Waals surface area contributed by atoms with Crippen LogP contribution in [0.2, 0.25) is 0 Å². The van der Waals surface area contributed by atoms with E-state index in [-0.39, 0.29) is 0 Å². The van der Waals surface area contributed by atoms with E-state index in [0.29, 0.717) is 16.8 Å². The van der Waals surface area contributed by atoms with Crippen molar-refractivity contribution in [2.75, 3.05) is 29.5 Å². The average molecular weight is 404 g/mol. The van der Waals surface area contributed by atoms with Gasteiger partial charge in [0.25, 0.3) is 5.91 Å². The molecule has 146 valence electrons. The second-order valence-corrected chi connectivity index (χ2v) is 8.51. The Bertz CT molecular complexity index is 1230. The number of aromatic amines is 1. The van der Waals surface area contributed by atoms with Gasteiger partial charge in [-0.2, -0.15) is 11.8 Å². The summed E-state index contributed by atoms with van der Waals surface area (Å²) in [6.07, 6.45) is 1.77. The normalized spacial score (nSPS) is 14.6. The van der Waals surface area contributed by atoms with E-state index in [1.807, 2.05) is 30.8 Å². The van der Waals surface area contributed by atoms with Crippen molar-refractivity contribution in [3.63, 3.8) is 0 Å². The zero-order valence-corrected chi connectivity index (χ0v) is 16.9. The first kappa shape index (κ1) is 18.0. The third kappa shape index (κ3) is 3.21. The number of anilines is 1. The molecule has 0 bridgehead atoms. The van der Waals surface area contributed by atoms with Crippen LogP contribution in [0.25, 0.3) is 33.2 Å². The maximum absolute atomic E-state index is 12.2. The number of aromatic nitrogens is 3. The molecule has 6 nitrogen and oxygen atoms in total. The fraction of sp³-hybridized carbons (Fsp3) is 0.227. The maximum atomic E-state index is 12.2. The van der Waals surface area contributed by atoms with Crippen LogP contribution in [0.1, 0.15) is 16.1 Å². The van der Waals surface area contributed by atoms with E-state index >= 15 is 0 Å². The van der Waals surface area contributed by atoms with Crippen molar-refractivity contribution in [3.8, 4) is 11.3 Å². The Morgan fingerprint density at radius 3 is 2.72 bits per heavy atom. The summed E-state index contributed by atoms with van der Waals surface area (Å²) in [5.41, 5.74) is 12.2. The minimum absolute atomic E-state index is 0.442. The number of primary amides is 1. The van der Waals surface area contributed by atoms with Crippen LogP contribution in [0.4, 0.5) is 5.69 Å². The first-order valence-electron chi connectivity index (χ1n) is 9.62. The molecule has 4 heterocycles. The molecular formula is C22H21N5OS. The van der Waals surface area contributed by atoms with Crippen molar-refractivity contribution in [2.45, 2.75) is 6.92 Å². The van der Waals surface area contributed by atoms with Gasteiger partial charge in [0, 0.05) is 53.1 Å². The first-order chi connectivity index (χ1) is 14.1. The van der Waals surface area contributed by atoms with Crippen molar-refractivity contribution in [2.24, 2.45) is 5.73 Å². The molecule has 0 radical (unpaired) electrons. The van der Waals surface area contributed by atoms with Crippen LogP contribution < -0.4 is 10.6 Å². The summed E-state index contributed by atoms with van der Waals surface area (Å²) >= 11 is 1.99. The number of carbonyl (C=O) groups is 1. The number of carbonyl (C=O) groups excluding carboxylic acids is 1. The number of benzene rings is 1. The minimum atomic E-state index is -0.474. The van der Waals surface area contributed by atoms with Gasteiger partial charge in [-0.1, -0.05) is 0 Å². The summed E-state index contributed by atoms with van der Waals surface area (Å²) in [5.74, 6) is 1.82. The number of nitrogens with zero attached hydrogens (tertiary/aromatic N) is 3. The number of amides is 1. The van der Waals surface area contributed by atoms with Crippen molar-refractivity contribution in [1.82, 2.24) is 15.0 Å². The van der Waals surface area contributed by atoms with Gasteiger partial charge in [-0.05, 0) is 43.3 Å². The summed E-state index contributed by atoms with van der Waals surface area (Å²) in [6.45, 7) is 4.03. The zero-order chi connectivity index (χ0) is 20.0. The number of hydrogen-bond acceptors (Lipinski definition) is 5. The summed E-state index contributed by atoms with van der Waals surface area (Å²) in [5, 5.41) is 0.986. The molecule has 29 heavy (non-hydrogen) atoms. The molecule has 4 aromatic rings. The predicted molar refractivity (Wildman–Crippen MR) is 120 cm³/mol. The summed E-state index contributed by atoms with van der Waals surface area (Å²) in [7, 11) is 0. The fourth-order valence-corrected chi connectivity index (χ4v) is 4.73. The molecule has 0 unspecified atom stereocenters. The van der Waals surface area contributed by atoms with Crippen molar-refractivity contribution >= 4 is 45.3 Å². The van der Waals surface area contributed by atoms with Gasteiger partial charge in [0.1, 0.15) is 0 Å². The zero-order valence-electron chi connectivity index (χ0n) is 16.1. The molecule has 1 aromatic carbocycles. The molecule has 3 N–H and O–H groups in total. The second-order valence-electron chi connectivity index (χ2n) is 7.29. The van der Waals surface area contributed by atoms with E-state index in [1.54, 1.807) is 12.3 Å². The van der Waals surface area contributed by atoms with Crippen LogP contribution in [-0.4, -0.2) is 45.5 Å². The number of pyridine rings is 2. The van der Waals surface area contributed by atoms with E-state index in [2.05, 4.69) is 33.1 Å². The minimum Gasteiger partial charge on any atom is -0.370 e. The highest BCUT2D eigenvalue weighted by Crippen LogP contribution is 2.32. The quantitative estimate of drug-likeness (QED) is 0.544. The number of nitrogens with two attached hydrogens (primary N) is 1. The fourth-order valence-electron chi connectivity index (χ4n) is 3.82. The molecule has 3 aromatic heterocycles. The monoisotopic (exact) mass is 403 g/mol. The lowest BCUT2D eigenvalue weighted by molar-refractivity contribution is 0.100. The van der Waals surface area contributed by atoms with Crippen LogP contribution in [0, 0.1) is 6.92 Å². The molecule has 1 aliphatic rings. The lowest BCUT2D eigenvalue weighted by Crippen LogP contribution is -2.32. The number of aryl methyl sites for hydroxylation is 1. The molecule has 0 aliphatic carbocycles. The van der Waals surface area contributed by atoms with Gasteiger partial charge in [0.15, 0.2) is 0 Å². The SMILES string of the molecule is Cc1ccc(-c2cc(C(N)=O)c3[nH]c4cc(N5CCSCC5)ccc4c3n2)cn1. The molecule has 0 atom stereocenters. The van der Waals surface area contributed by atoms with Crippen LogP contribution >= 0.6 is 11.8 Å². The molecular weight excluding hydrogens is 382 g/mol. The Hall–Kier alpha value is -3.06. The highest BCUT2D eigenvalue weighted by atomic mass is 32.2. The number of H-pyrrole nitrogens is 1. The van der Waals surface area contributed by atoms with Gasteiger partial charge in [-0.25, -0.2) is 4.98 Å². The Morgan fingerprint density at radius 1 is 1.17 bits per heavy atom. The second kappa shape index (κ2) is 7.08. The van der Waals surface area contributed by atoms with Gasteiger partial charge in [0.05, 0.1) is 27.8 Å². The van der Waals surface area contributed by atoms with E-state index in [0.717, 1.165) is 52.3 Å². The Morgan fingerprint density at radius 2 is 2.00 bits per heavy atom. The topological polar surface area (TPSA) is 87.9 Å². The third-order valence-electron chi connectivity index (χ3n) is 5.39. The molecule has 1 aliphatic heterocycles. The average Bonchev–Trinajstić information content (AvgIpc) is 3.12. The number of fused-ring (bicyclic) bond motifs is 3. The van der Waals surface area contributed by atoms with Crippen molar-refractivity contribution < 1.29 is 4.79 Å². The van der Waals surface area contributed by atoms with Gasteiger partial charge in [0.2, 0.25) is 0 Å². The molecule has 1 amide bonds. The third-order valence-corrected chi connectivity index (χ3v) is 6.33. The molecule has 0 saturated carbocycles. The van der Waals surface area contributed by atoms with Gasteiger partial charge in [-0.3, -0.25) is 9.78 Å². The first-order valence-corrected chi connectivity index (χ1v) is 10.8. The van der Waals surface area contributed by atoms with Crippen molar-refractivity contribution in [3.05, 3.63) is 53.9 Å². The summed E-state index contributed by atoms with van der Waals surface area (Å²) in [4.78, 5) is 27.2. The number of thioether (sulfide) groups is 1. The van der Waals surface area contributed by atoms with Crippen LogP contribution in [0.15, 0.2) is 42.6 Å². The van der Waals surface area contributed by atoms with Crippen molar-refractivity contribution in [1.29, 1.82) is 0 Å². The van der Waals surface area contributed by atoms with Gasteiger partial charge >= 0.3 is 0 Å². The van der Waals surface area contributed by atoms with E-state index in [1.165, 1.54) is 5.69 Å². The van der Waals surface area contributed by atoms with E-state index < -0.39 is 5.91 Å². The van der Waals surface area contributed by atoms with Crippen LogP contribution in [0.3, 0.4) is 0 Å². The number of nitrogens with one attached hydrogen (secondary N) is 1. The highest BCUT2D eigenvalue weighted by Gasteiger charge is 2.18. The lowest BCUT2D eigenvalue weighted by atomic mass is 10.1. The molecule has 1 fully saturated rings. The summed E-state index contributed by atoms with van der Waals surface area (Å²) in [6, 6.07) is 12.0. The Labute approximate surface area is 172 Å². The molecule has 7 heteroatoms. The Balaban J connectivity index is 1.69. The molecule has 5 rings (SSSR count). The Kier molecular flexibility index (Phi) is 4.39. The van der Waals surface area contributed by atoms with E-state index in [9.17, 15) is 4.79 Å². The number of hydrogen-bond donors (Lipinski definition) is 2. The van der Waals surface area contributed by atoms with E-state index in [4.69, 9.17) is 10.7 Å². The number of rotatable bonds is 3. The molecule has 1 saturated heterocycles. The van der Waals surface area contributed by atoms with Gasteiger partial charge in [-0.15, -0.1) is 0 Å². The van der Waals surface area contributed by atoms with Crippen LogP contribution in [0.5, 0.6) is 0 Å². The summed E-state index contributed by atoms with van der Waals surface area (Å²) < 4.78 is 0. The standard InChI is InChI=1S/C22H21N5OS/c1-13-2-3-14(12-24-13)18-11-17(22(23)28)21-20(25-18)16-5-4-15(10-19(16)26-21)27-6-8-29-9-7-27/h2-5,10-12,26H,6-9H2,1H3,(H2,23,28). The maximum Gasteiger partial charge on any atom is 0.250 e. The molecule has 0 spiro atoms. The smallest absolute Gasteiger partial charge is 0.250 e. The van der Waals surface area contributed by atoms with Crippen LogP contribution in [-0.2, 0) is 0 Å². The van der Waals surface area contributed by atoms with Gasteiger partial charge < -0.3 is 15.6 Å². The predicted octanol–water partition coefficient (Wildman–Crippen LogP) is 3.74. The largest absolute Gasteiger partial charge is 0.370 e. The lowest BCUT2D eigenvalue weighted by Gasteiger charge is -2.28. The highest BCUT2D eigenvalue weighted by molar-refractivity contribution is 7.99.